The minimum Gasteiger partial charge on any atom is -0.481 e. The minimum atomic E-state index is -0.528. The molecule has 0 fully saturated rings. The fraction of sp³-hybridized carbons (Fsp3) is 0.300. The van der Waals surface area contributed by atoms with Crippen LogP contribution < -0.4 is 4.74 Å². The molecule has 1 aromatic heterocycles. The Labute approximate surface area is 147 Å². The third-order valence-corrected chi connectivity index (χ3v) is 4.25. The van der Waals surface area contributed by atoms with Crippen molar-refractivity contribution in [1.29, 1.82) is 0 Å². The van der Waals surface area contributed by atoms with Gasteiger partial charge in [0.05, 0.1) is 6.20 Å². The molecule has 25 heavy (non-hydrogen) atoms. The van der Waals surface area contributed by atoms with Gasteiger partial charge >= 0.3 is 0 Å². The van der Waals surface area contributed by atoms with E-state index in [0.717, 1.165) is 22.8 Å². The number of hydrogen-bond acceptors (Lipinski definition) is 3. The molecule has 0 aliphatic carbocycles. The summed E-state index contributed by atoms with van der Waals surface area (Å²) in [5.41, 5.74) is 1.12. The number of carbonyl (C=O) groups excluding carboxylic acids is 1. The second-order valence-electron chi connectivity index (χ2n) is 6.30. The van der Waals surface area contributed by atoms with E-state index < -0.39 is 6.10 Å². The van der Waals surface area contributed by atoms with Crippen molar-refractivity contribution in [2.24, 2.45) is 7.05 Å². The zero-order valence-corrected chi connectivity index (χ0v) is 14.8. The van der Waals surface area contributed by atoms with Crippen LogP contribution in [-0.2, 0) is 18.3 Å². The summed E-state index contributed by atoms with van der Waals surface area (Å²) in [6.07, 6.45) is 4.04. The normalized spacial score (nSPS) is 12.1. The van der Waals surface area contributed by atoms with E-state index in [0.29, 0.717) is 12.3 Å². The van der Waals surface area contributed by atoms with Crippen molar-refractivity contribution < 1.29 is 9.53 Å². The third-order valence-electron chi connectivity index (χ3n) is 4.25. The van der Waals surface area contributed by atoms with Gasteiger partial charge < -0.3 is 9.64 Å². The molecule has 3 aromatic rings. The predicted molar refractivity (Wildman–Crippen MR) is 98.6 cm³/mol. The summed E-state index contributed by atoms with van der Waals surface area (Å²) < 4.78 is 7.62. The van der Waals surface area contributed by atoms with Crippen LogP contribution in [0.25, 0.3) is 10.8 Å². The highest BCUT2D eigenvalue weighted by molar-refractivity contribution is 5.84. The Balaban J connectivity index is 1.58. The molecule has 0 aliphatic heterocycles. The number of rotatable bonds is 6. The van der Waals surface area contributed by atoms with E-state index in [1.54, 1.807) is 23.6 Å². The fourth-order valence-electron chi connectivity index (χ4n) is 2.81. The number of fused-ring (bicyclic) bond motifs is 1. The van der Waals surface area contributed by atoms with Crippen LogP contribution in [0.2, 0.25) is 0 Å². The van der Waals surface area contributed by atoms with E-state index in [-0.39, 0.29) is 5.91 Å². The Morgan fingerprint density at radius 1 is 1.24 bits per heavy atom. The van der Waals surface area contributed by atoms with Crippen LogP contribution >= 0.6 is 0 Å². The van der Waals surface area contributed by atoms with Crippen molar-refractivity contribution in [2.75, 3.05) is 13.6 Å². The molecule has 0 spiro atoms. The van der Waals surface area contributed by atoms with Crippen molar-refractivity contribution in [3.8, 4) is 5.75 Å². The number of ether oxygens (including phenoxy) is 1. The van der Waals surface area contributed by atoms with E-state index in [2.05, 4.69) is 11.2 Å². The molecule has 130 valence electrons. The van der Waals surface area contributed by atoms with Gasteiger partial charge in [0.15, 0.2) is 6.10 Å². The van der Waals surface area contributed by atoms with Gasteiger partial charge in [-0.2, -0.15) is 5.10 Å². The van der Waals surface area contributed by atoms with E-state index in [1.807, 2.05) is 55.8 Å². The zero-order valence-electron chi connectivity index (χ0n) is 14.8. The molecular formula is C20H23N3O2. The van der Waals surface area contributed by atoms with Gasteiger partial charge in [0.1, 0.15) is 5.75 Å². The molecular weight excluding hydrogens is 314 g/mol. The van der Waals surface area contributed by atoms with Gasteiger partial charge in [-0.1, -0.05) is 30.3 Å². The summed E-state index contributed by atoms with van der Waals surface area (Å²) in [6, 6.07) is 14.0. The molecule has 2 aromatic carbocycles. The van der Waals surface area contributed by atoms with Gasteiger partial charge in [0.25, 0.3) is 5.91 Å². The number of hydrogen-bond donors (Lipinski definition) is 0. The Morgan fingerprint density at radius 3 is 2.72 bits per heavy atom. The first-order chi connectivity index (χ1) is 12.0. The number of carbonyl (C=O) groups is 1. The first-order valence-electron chi connectivity index (χ1n) is 8.41. The van der Waals surface area contributed by atoms with Crippen LogP contribution in [0.3, 0.4) is 0 Å². The lowest BCUT2D eigenvalue weighted by Crippen LogP contribution is -2.39. The van der Waals surface area contributed by atoms with Gasteiger partial charge in [-0.15, -0.1) is 0 Å². The van der Waals surface area contributed by atoms with Gasteiger partial charge in [0.2, 0.25) is 0 Å². The number of benzene rings is 2. The molecule has 1 atom stereocenters. The van der Waals surface area contributed by atoms with Crippen LogP contribution in [0.15, 0.2) is 54.9 Å². The maximum absolute atomic E-state index is 12.5. The summed E-state index contributed by atoms with van der Waals surface area (Å²) >= 11 is 0. The molecule has 3 rings (SSSR count). The molecule has 0 radical (unpaired) electrons. The van der Waals surface area contributed by atoms with Crippen molar-refractivity contribution in [3.05, 3.63) is 60.4 Å². The molecule has 0 bridgehead atoms. The Morgan fingerprint density at radius 2 is 2.00 bits per heavy atom. The maximum Gasteiger partial charge on any atom is 0.263 e. The second kappa shape index (κ2) is 7.38. The van der Waals surface area contributed by atoms with Crippen LogP contribution in [0.5, 0.6) is 5.75 Å². The molecule has 0 saturated carbocycles. The summed E-state index contributed by atoms with van der Waals surface area (Å²) in [4.78, 5) is 14.2. The summed E-state index contributed by atoms with van der Waals surface area (Å²) in [6.45, 7) is 2.42. The van der Waals surface area contributed by atoms with Crippen LogP contribution in [-0.4, -0.2) is 40.3 Å². The third kappa shape index (κ3) is 4.18. The monoisotopic (exact) mass is 337 g/mol. The summed E-state index contributed by atoms with van der Waals surface area (Å²) in [5.74, 6) is 0.678. The van der Waals surface area contributed by atoms with Crippen molar-refractivity contribution >= 4 is 16.7 Å². The molecule has 0 unspecified atom stereocenters. The number of nitrogens with zero attached hydrogens (tertiary/aromatic N) is 3. The van der Waals surface area contributed by atoms with E-state index in [9.17, 15) is 4.79 Å². The van der Waals surface area contributed by atoms with Crippen molar-refractivity contribution in [1.82, 2.24) is 14.7 Å². The second-order valence-corrected chi connectivity index (χ2v) is 6.30. The van der Waals surface area contributed by atoms with Gasteiger partial charge in [-0.3, -0.25) is 9.48 Å². The average molecular weight is 337 g/mol. The first-order valence-corrected chi connectivity index (χ1v) is 8.41. The van der Waals surface area contributed by atoms with E-state index in [1.165, 1.54) is 0 Å². The minimum absolute atomic E-state index is 0.0305. The van der Waals surface area contributed by atoms with Gasteiger partial charge in [0, 0.05) is 26.8 Å². The molecule has 1 heterocycles. The predicted octanol–water partition coefficient (Wildman–Crippen LogP) is 3.04. The first kappa shape index (κ1) is 17.0. The Bertz CT molecular complexity index is 872. The largest absolute Gasteiger partial charge is 0.481 e. The van der Waals surface area contributed by atoms with Gasteiger partial charge in [-0.05, 0) is 41.8 Å². The number of aromatic nitrogens is 2. The lowest BCUT2D eigenvalue weighted by Gasteiger charge is -2.22. The highest BCUT2D eigenvalue weighted by Gasteiger charge is 2.19. The SMILES string of the molecule is C[C@H](Oc1ccc2ccccc2c1)C(=O)N(C)CCc1cnn(C)c1. The number of aryl methyl sites for hydroxylation is 1. The lowest BCUT2D eigenvalue weighted by molar-refractivity contribution is -0.136. The highest BCUT2D eigenvalue weighted by Crippen LogP contribution is 2.21. The topological polar surface area (TPSA) is 47.4 Å². The maximum atomic E-state index is 12.5. The van der Waals surface area contributed by atoms with Crippen LogP contribution in [0.1, 0.15) is 12.5 Å². The molecule has 5 heteroatoms. The Kier molecular flexibility index (Phi) is 5.03. The smallest absolute Gasteiger partial charge is 0.263 e. The van der Waals surface area contributed by atoms with Crippen LogP contribution in [0.4, 0.5) is 0 Å². The molecule has 1 amide bonds. The average Bonchev–Trinajstić information content (AvgIpc) is 3.04. The molecule has 0 N–H and O–H groups in total. The molecule has 0 saturated heterocycles. The summed E-state index contributed by atoms with van der Waals surface area (Å²) in [7, 11) is 3.69. The fourth-order valence-corrected chi connectivity index (χ4v) is 2.81. The summed E-state index contributed by atoms with van der Waals surface area (Å²) in [5, 5.41) is 6.40. The van der Waals surface area contributed by atoms with Crippen molar-refractivity contribution in [2.45, 2.75) is 19.4 Å². The Hall–Kier alpha value is -2.82. The quantitative estimate of drug-likeness (QED) is 0.694. The molecule has 5 nitrogen and oxygen atoms in total. The van der Waals surface area contributed by atoms with E-state index in [4.69, 9.17) is 4.74 Å². The van der Waals surface area contributed by atoms with Crippen molar-refractivity contribution in [3.63, 3.8) is 0 Å². The van der Waals surface area contributed by atoms with Gasteiger partial charge in [-0.25, -0.2) is 0 Å². The highest BCUT2D eigenvalue weighted by atomic mass is 16.5. The zero-order chi connectivity index (χ0) is 17.8. The lowest BCUT2D eigenvalue weighted by atomic mass is 10.1. The number of amides is 1. The molecule has 0 aliphatic rings. The standard InChI is InChI=1S/C20H23N3O2/c1-15(20(24)22(2)11-10-16-13-21-23(3)14-16)25-19-9-8-17-6-4-5-7-18(17)12-19/h4-9,12-15H,10-11H2,1-3H3/t15-/m0/s1. The van der Waals surface area contributed by atoms with Crippen LogP contribution in [0, 0.1) is 0 Å². The van der Waals surface area contributed by atoms with E-state index >= 15 is 0 Å². The number of likely N-dealkylation sites (N-methyl/N-ethyl adjacent to an activating group) is 1.